The number of nitrogens with zero attached hydrogens (tertiary/aromatic N) is 3. The molecule has 0 bridgehead atoms. The van der Waals surface area contributed by atoms with Crippen molar-refractivity contribution in [2.75, 3.05) is 0 Å². The molecule has 2 rings (SSSR count). The summed E-state index contributed by atoms with van der Waals surface area (Å²) in [6.45, 7) is 7.58. The van der Waals surface area contributed by atoms with E-state index in [0.717, 1.165) is 30.1 Å². The second-order valence-electron chi connectivity index (χ2n) is 5.83. The number of nitrogens with two attached hydrogens (primary N) is 1. The van der Waals surface area contributed by atoms with Crippen LogP contribution < -0.4 is 10.5 Å². The van der Waals surface area contributed by atoms with Gasteiger partial charge in [-0.2, -0.15) is 5.10 Å². The fourth-order valence-corrected chi connectivity index (χ4v) is 2.20. The van der Waals surface area contributed by atoms with E-state index in [1.807, 2.05) is 29.8 Å². The summed E-state index contributed by atoms with van der Waals surface area (Å²) in [7, 11) is 0. The first kappa shape index (κ1) is 15.5. The van der Waals surface area contributed by atoms with Crippen LogP contribution in [0.1, 0.15) is 32.2 Å². The van der Waals surface area contributed by atoms with E-state index in [2.05, 4.69) is 30.0 Å². The zero-order valence-electron chi connectivity index (χ0n) is 13.0. The van der Waals surface area contributed by atoms with Crippen molar-refractivity contribution in [3.63, 3.8) is 0 Å². The largest absolute Gasteiger partial charge is 0.485 e. The van der Waals surface area contributed by atoms with Crippen LogP contribution in [0, 0.1) is 5.92 Å². The first-order valence-corrected chi connectivity index (χ1v) is 7.39. The van der Waals surface area contributed by atoms with Gasteiger partial charge in [0.25, 0.3) is 0 Å². The molecule has 0 fully saturated rings. The summed E-state index contributed by atoms with van der Waals surface area (Å²) in [4.78, 5) is 4.28. The van der Waals surface area contributed by atoms with Gasteiger partial charge in [0.1, 0.15) is 18.7 Å². The molecule has 0 saturated carbocycles. The van der Waals surface area contributed by atoms with Gasteiger partial charge in [-0.15, -0.1) is 0 Å². The second kappa shape index (κ2) is 7.22. The van der Waals surface area contributed by atoms with E-state index in [9.17, 15) is 0 Å². The zero-order valence-corrected chi connectivity index (χ0v) is 13.0. The van der Waals surface area contributed by atoms with Gasteiger partial charge in [-0.1, -0.05) is 32.0 Å². The Morgan fingerprint density at radius 3 is 2.71 bits per heavy atom. The lowest BCUT2D eigenvalue weighted by atomic mass is 10.1. The first-order valence-electron chi connectivity index (χ1n) is 7.39. The topological polar surface area (TPSA) is 66.0 Å². The Bertz CT molecular complexity index is 563. The van der Waals surface area contributed by atoms with Crippen LogP contribution in [0.15, 0.2) is 30.6 Å². The lowest BCUT2D eigenvalue weighted by molar-refractivity contribution is 0.279. The third kappa shape index (κ3) is 4.56. The van der Waals surface area contributed by atoms with E-state index in [1.54, 1.807) is 6.33 Å². The minimum Gasteiger partial charge on any atom is -0.485 e. The summed E-state index contributed by atoms with van der Waals surface area (Å²) in [5.41, 5.74) is 7.01. The highest BCUT2D eigenvalue weighted by atomic mass is 16.5. The lowest BCUT2D eigenvalue weighted by Crippen LogP contribution is -2.18. The van der Waals surface area contributed by atoms with Gasteiger partial charge < -0.3 is 10.5 Å². The van der Waals surface area contributed by atoms with Crippen molar-refractivity contribution in [3.8, 4) is 5.75 Å². The molecule has 5 nitrogen and oxygen atoms in total. The van der Waals surface area contributed by atoms with E-state index in [4.69, 9.17) is 10.5 Å². The summed E-state index contributed by atoms with van der Waals surface area (Å²) in [6, 6.07) is 8.11. The summed E-state index contributed by atoms with van der Waals surface area (Å²) in [5.74, 6) is 2.24. The Hall–Kier alpha value is -1.88. The number of aromatic nitrogens is 3. The first-order chi connectivity index (χ1) is 10.1. The van der Waals surface area contributed by atoms with Crippen molar-refractivity contribution in [1.82, 2.24) is 14.8 Å². The molecule has 1 unspecified atom stereocenters. The standard InChI is InChI=1S/C16H24N4O/c1-12(2)9-20-16(18-11-19-20)10-21-15-7-5-4-6-14(15)8-13(3)17/h4-7,11-13H,8-10,17H2,1-3H3. The Balaban J connectivity index is 2.05. The van der Waals surface area contributed by atoms with Crippen LogP contribution >= 0.6 is 0 Å². The van der Waals surface area contributed by atoms with Gasteiger partial charge in [0, 0.05) is 12.6 Å². The Labute approximate surface area is 126 Å². The zero-order chi connectivity index (χ0) is 15.2. The highest BCUT2D eigenvalue weighted by molar-refractivity contribution is 5.33. The van der Waals surface area contributed by atoms with Crippen LogP contribution in [0.25, 0.3) is 0 Å². The van der Waals surface area contributed by atoms with Crippen LogP contribution in [0.4, 0.5) is 0 Å². The van der Waals surface area contributed by atoms with Gasteiger partial charge in [-0.05, 0) is 30.9 Å². The van der Waals surface area contributed by atoms with E-state index in [-0.39, 0.29) is 6.04 Å². The molecule has 1 heterocycles. The second-order valence-corrected chi connectivity index (χ2v) is 5.83. The number of rotatable bonds is 7. The predicted octanol–water partition coefficient (Wildman–Crippen LogP) is 2.40. The van der Waals surface area contributed by atoms with Crippen LogP contribution in [-0.4, -0.2) is 20.8 Å². The number of benzene rings is 1. The van der Waals surface area contributed by atoms with Gasteiger partial charge in [-0.25, -0.2) is 9.67 Å². The normalized spacial score (nSPS) is 12.6. The lowest BCUT2D eigenvalue weighted by Gasteiger charge is -2.13. The summed E-state index contributed by atoms with van der Waals surface area (Å²) < 4.78 is 7.83. The van der Waals surface area contributed by atoms with E-state index < -0.39 is 0 Å². The molecule has 1 aromatic carbocycles. The number of hydrogen-bond donors (Lipinski definition) is 1. The molecule has 1 atom stereocenters. The highest BCUT2D eigenvalue weighted by Crippen LogP contribution is 2.20. The fourth-order valence-electron chi connectivity index (χ4n) is 2.20. The van der Waals surface area contributed by atoms with Gasteiger partial charge in [0.05, 0.1) is 0 Å². The maximum atomic E-state index is 5.93. The van der Waals surface area contributed by atoms with Crippen LogP contribution in [0.3, 0.4) is 0 Å². The highest BCUT2D eigenvalue weighted by Gasteiger charge is 2.09. The Kier molecular flexibility index (Phi) is 5.33. The molecule has 114 valence electrons. The van der Waals surface area contributed by atoms with Crippen molar-refractivity contribution in [2.24, 2.45) is 11.7 Å². The van der Waals surface area contributed by atoms with Crippen molar-refractivity contribution in [3.05, 3.63) is 42.0 Å². The molecule has 0 amide bonds. The van der Waals surface area contributed by atoms with Gasteiger partial charge in [0.2, 0.25) is 0 Å². The Morgan fingerprint density at radius 1 is 1.24 bits per heavy atom. The smallest absolute Gasteiger partial charge is 0.164 e. The molecular weight excluding hydrogens is 264 g/mol. The molecule has 0 aliphatic heterocycles. The summed E-state index contributed by atoms with van der Waals surface area (Å²) in [6.07, 6.45) is 2.38. The minimum atomic E-state index is 0.111. The minimum absolute atomic E-state index is 0.111. The van der Waals surface area contributed by atoms with Crippen molar-refractivity contribution in [2.45, 2.75) is 46.4 Å². The van der Waals surface area contributed by atoms with Crippen molar-refractivity contribution >= 4 is 0 Å². The third-order valence-corrected chi connectivity index (χ3v) is 3.11. The number of hydrogen-bond acceptors (Lipinski definition) is 4. The molecule has 21 heavy (non-hydrogen) atoms. The molecule has 2 N–H and O–H groups in total. The van der Waals surface area contributed by atoms with Gasteiger partial charge in [-0.3, -0.25) is 0 Å². The van der Waals surface area contributed by atoms with E-state index >= 15 is 0 Å². The van der Waals surface area contributed by atoms with Crippen LogP contribution in [0.5, 0.6) is 5.75 Å². The van der Waals surface area contributed by atoms with Gasteiger partial charge in [0.15, 0.2) is 5.82 Å². The van der Waals surface area contributed by atoms with E-state index in [1.165, 1.54) is 0 Å². The third-order valence-electron chi connectivity index (χ3n) is 3.11. The molecule has 1 aromatic heterocycles. The average Bonchev–Trinajstić information content (AvgIpc) is 2.83. The quantitative estimate of drug-likeness (QED) is 0.849. The molecule has 5 heteroatoms. The maximum absolute atomic E-state index is 5.93. The monoisotopic (exact) mass is 288 g/mol. The Morgan fingerprint density at radius 2 is 2.00 bits per heavy atom. The fraction of sp³-hybridized carbons (Fsp3) is 0.500. The average molecular weight is 288 g/mol. The number of para-hydroxylation sites is 1. The van der Waals surface area contributed by atoms with E-state index in [0.29, 0.717) is 12.5 Å². The van der Waals surface area contributed by atoms with Gasteiger partial charge >= 0.3 is 0 Å². The molecule has 0 spiro atoms. The molecule has 0 aliphatic rings. The summed E-state index contributed by atoms with van der Waals surface area (Å²) in [5, 5.41) is 4.24. The molecule has 2 aromatic rings. The van der Waals surface area contributed by atoms with Crippen molar-refractivity contribution in [1.29, 1.82) is 0 Å². The van der Waals surface area contributed by atoms with Crippen LogP contribution in [0.2, 0.25) is 0 Å². The molecular formula is C16H24N4O. The summed E-state index contributed by atoms with van der Waals surface area (Å²) >= 11 is 0. The molecule has 0 aliphatic carbocycles. The maximum Gasteiger partial charge on any atom is 0.164 e. The van der Waals surface area contributed by atoms with Crippen molar-refractivity contribution < 1.29 is 4.74 Å². The van der Waals surface area contributed by atoms with Crippen LogP contribution in [-0.2, 0) is 19.6 Å². The molecule has 0 radical (unpaired) electrons. The molecule has 0 saturated heterocycles. The number of ether oxygens (including phenoxy) is 1. The SMILES string of the molecule is CC(C)Cn1ncnc1COc1ccccc1CC(C)N. The predicted molar refractivity (Wildman–Crippen MR) is 83.0 cm³/mol.